The monoisotopic (exact) mass is 492 g/mol. The highest BCUT2D eigenvalue weighted by Crippen LogP contribution is 2.49. The first kappa shape index (κ1) is 25.5. The number of aliphatic hydroxyl groups excluding tert-OH is 1. The fourth-order valence-electron chi connectivity index (χ4n) is 4.84. The van der Waals surface area contributed by atoms with E-state index in [-0.39, 0.29) is 24.7 Å². The van der Waals surface area contributed by atoms with Crippen LogP contribution in [0, 0.1) is 0 Å². The molecule has 0 radical (unpaired) electrons. The zero-order valence-electron chi connectivity index (χ0n) is 19.6. The molecular weight excluding hydrogens is 461 g/mol. The number of rotatable bonds is 9. The van der Waals surface area contributed by atoms with Gasteiger partial charge in [0.05, 0.1) is 17.7 Å². The van der Waals surface area contributed by atoms with Crippen molar-refractivity contribution >= 4 is 5.91 Å². The number of fused-ring (bicyclic) bond motifs is 1. The topological polar surface area (TPSA) is 79.8 Å². The van der Waals surface area contributed by atoms with Crippen LogP contribution in [0.1, 0.15) is 48.4 Å². The van der Waals surface area contributed by atoms with Crippen molar-refractivity contribution in [1.29, 1.82) is 0 Å². The molecule has 1 aliphatic carbocycles. The summed E-state index contributed by atoms with van der Waals surface area (Å²) in [5.41, 5.74) is 0.262. The van der Waals surface area contributed by atoms with Crippen LogP contribution in [-0.2, 0) is 22.1 Å². The Morgan fingerprint density at radius 1 is 1.23 bits per heavy atom. The summed E-state index contributed by atoms with van der Waals surface area (Å²) in [5.74, 6) is 0.0947. The minimum Gasteiger partial charge on any atom is -0.487 e. The van der Waals surface area contributed by atoms with Crippen molar-refractivity contribution in [3.63, 3.8) is 0 Å². The van der Waals surface area contributed by atoms with Crippen molar-refractivity contribution in [1.82, 2.24) is 10.6 Å². The number of benzene rings is 2. The summed E-state index contributed by atoms with van der Waals surface area (Å²) >= 11 is 0. The molecule has 0 unspecified atom stereocenters. The van der Waals surface area contributed by atoms with Crippen LogP contribution in [0.3, 0.4) is 0 Å². The minimum absolute atomic E-state index is 0.0845. The van der Waals surface area contributed by atoms with Crippen LogP contribution in [0.4, 0.5) is 13.2 Å². The second-order valence-electron chi connectivity index (χ2n) is 9.42. The van der Waals surface area contributed by atoms with Gasteiger partial charge in [-0.1, -0.05) is 30.3 Å². The van der Waals surface area contributed by atoms with E-state index in [1.165, 1.54) is 13.2 Å². The molecule has 35 heavy (non-hydrogen) atoms. The molecule has 0 bridgehead atoms. The van der Waals surface area contributed by atoms with Gasteiger partial charge in [0, 0.05) is 31.7 Å². The Labute approximate surface area is 202 Å². The van der Waals surface area contributed by atoms with Gasteiger partial charge in [-0.05, 0) is 49.4 Å². The average Bonchev–Trinajstić information content (AvgIpc) is 2.80. The number of methoxy groups -OCH3 is 1. The standard InChI is InChI=1S/C26H31F3N2O4/c1-34-16-24(33)31-20(12-17-6-3-2-4-7-17)22(32)15-30-21-14-25(10-5-11-25)35-23-9-8-18(13-19(21)23)26(27,28)29/h2-4,6-9,13,20-22,30,32H,5,10-12,14-16H2,1H3,(H,31,33)/t20-,21-,22+/m0/s1. The van der Waals surface area contributed by atoms with Gasteiger partial charge in [0.25, 0.3) is 0 Å². The van der Waals surface area contributed by atoms with Gasteiger partial charge in [-0.3, -0.25) is 4.79 Å². The maximum absolute atomic E-state index is 13.4. The molecule has 1 spiro atoms. The van der Waals surface area contributed by atoms with Crippen LogP contribution in [-0.4, -0.2) is 49.0 Å². The summed E-state index contributed by atoms with van der Waals surface area (Å²) in [4.78, 5) is 12.2. The highest BCUT2D eigenvalue weighted by Gasteiger charge is 2.46. The number of alkyl halides is 3. The summed E-state index contributed by atoms with van der Waals surface area (Å²) in [5, 5.41) is 17.1. The third-order valence-corrected chi connectivity index (χ3v) is 6.84. The number of ether oxygens (including phenoxy) is 2. The minimum atomic E-state index is -4.46. The van der Waals surface area contributed by atoms with Gasteiger partial charge in [-0.2, -0.15) is 13.2 Å². The van der Waals surface area contributed by atoms with E-state index in [1.54, 1.807) is 0 Å². The Balaban J connectivity index is 1.51. The number of amides is 1. The number of nitrogens with one attached hydrogen (secondary N) is 2. The number of hydrogen-bond acceptors (Lipinski definition) is 5. The lowest BCUT2D eigenvalue weighted by molar-refractivity contribution is -0.137. The van der Waals surface area contributed by atoms with Gasteiger partial charge in [-0.25, -0.2) is 0 Å². The Morgan fingerprint density at radius 2 is 1.97 bits per heavy atom. The van der Waals surface area contributed by atoms with Crippen molar-refractivity contribution in [3.8, 4) is 5.75 Å². The van der Waals surface area contributed by atoms with E-state index in [0.29, 0.717) is 24.2 Å². The molecular formula is C26H31F3N2O4. The molecule has 3 atom stereocenters. The predicted octanol–water partition coefficient (Wildman–Crippen LogP) is 3.78. The number of carbonyl (C=O) groups is 1. The molecule has 6 nitrogen and oxygen atoms in total. The zero-order valence-corrected chi connectivity index (χ0v) is 19.6. The highest BCUT2D eigenvalue weighted by atomic mass is 19.4. The van der Waals surface area contributed by atoms with Crippen LogP contribution >= 0.6 is 0 Å². The van der Waals surface area contributed by atoms with Gasteiger partial charge >= 0.3 is 6.18 Å². The van der Waals surface area contributed by atoms with Gasteiger partial charge in [-0.15, -0.1) is 0 Å². The third kappa shape index (κ3) is 6.15. The van der Waals surface area contributed by atoms with Crippen LogP contribution in [0.2, 0.25) is 0 Å². The maximum Gasteiger partial charge on any atom is 0.416 e. The predicted molar refractivity (Wildman–Crippen MR) is 124 cm³/mol. The second kappa shape index (κ2) is 10.6. The Bertz CT molecular complexity index is 1010. The van der Waals surface area contributed by atoms with E-state index in [9.17, 15) is 23.1 Å². The molecule has 9 heteroatoms. The molecule has 1 fully saturated rings. The quantitative estimate of drug-likeness (QED) is 0.497. The lowest BCUT2D eigenvalue weighted by atomic mass is 9.72. The maximum atomic E-state index is 13.4. The van der Waals surface area contributed by atoms with Crippen molar-refractivity contribution < 1.29 is 32.5 Å². The van der Waals surface area contributed by atoms with Crippen LogP contribution < -0.4 is 15.4 Å². The molecule has 2 aromatic carbocycles. The molecule has 2 aromatic rings. The largest absolute Gasteiger partial charge is 0.487 e. The molecule has 4 rings (SSSR count). The SMILES string of the molecule is COCC(=O)N[C@@H](Cc1ccccc1)[C@H](O)CN[C@H]1CC2(CCC2)Oc2ccc(C(F)(F)F)cc21. The summed E-state index contributed by atoms with van der Waals surface area (Å²) in [6.45, 7) is -0.0529. The number of carbonyl (C=O) groups excluding carboxylic acids is 1. The number of halogens is 3. The van der Waals surface area contributed by atoms with E-state index >= 15 is 0 Å². The lowest BCUT2D eigenvalue weighted by Crippen LogP contribution is -2.52. The van der Waals surface area contributed by atoms with Crippen molar-refractivity contribution in [2.24, 2.45) is 0 Å². The summed E-state index contributed by atoms with van der Waals surface area (Å²) in [6.07, 6.45) is -1.83. The zero-order chi connectivity index (χ0) is 25.1. The average molecular weight is 493 g/mol. The van der Waals surface area contributed by atoms with Gasteiger partial charge in [0.2, 0.25) is 5.91 Å². The van der Waals surface area contributed by atoms with Crippen molar-refractivity contribution in [2.75, 3.05) is 20.3 Å². The first-order chi connectivity index (χ1) is 16.7. The molecule has 1 saturated carbocycles. The molecule has 1 aliphatic heterocycles. The first-order valence-corrected chi connectivity index (χ1v) is 11.8. The molecule has 2 aliphatic rings. The molecule has 3 N–H and O–H groups in total. The van der Waals surface area contributed by atoms with Crippen LogP contribution in [0.15, 0.2) is 48.5 Å². The highest BCUT2D eigenvalue weighted by molar-refractivity contribution is 5.77. The fourth-order valence-corrected chi connectivity index (χ4v) is 4.84. The molecule has 0 saturated heterocycles. The summed E-state index contributed by atoms with van der Waals surface area (Å²) in [6, 6.07) is 12.0. The van der Waals surface area contributed by atoms with E-state index in [1.807, 2.05) is 30.3 Å². The molecule has 0 aromatic heterocycles. The Kier molecular flexibility index (Phi) is 7.68. The summed E-state index contributed by atoms with van der Waals surface area (Å²) < 4.78 is 51.1. The lowest BCUT2D eigenvalue weighted by Gasteiger charge is -2.48. The first-order valence-electron chi connectivity index (χ1n) is 11.8. The van der Waals surface area contributed by atoms with E-state index in [0.717, 1.165) is 37.0 Å². The van der Waals surface area contributed by atoms with E-state index < -0.39 is 29.9 Å². The van der Waals surface area contributed by atoms with Crippen molar-refractivity contribution in [3.05, 3.63) is 65.2 Å². The summed E-state index contributed by atoms with van der Waals surface area (Å²) in [7, 11) is 1.41. The molecule has 1 amide bonds. The van der Waals surface area contributed by atoms with Gasteiger partial charge in [0.15, 0.2) is 0 Å². The van der Waals surface area contributed by atoms with Gasteiger partial charge < -0.3 is 25.2 Å². The van der Waals surface area contributed by atoms with E-state index in [2.05, 4.69) is 10.6 Å². The van der Waals surface area contributed by atoms with E-state index in [4.69, 9.17) is 9.47 Å². The van der Waals surface area contributed by atoms with Gasteiger partial charge in [0.1, 0.15) is 18.0 Å². The second-order valence-corrected chi connectivity index (χ2v) is 9.42. The Morgan fingerprint density at radius 3 is 2.60 bits per heavy atom. The molecule has 190 valence electrons. The Hall–Kier alpha value is -2.62. The van der Waals surface area contributed by atoms with Crippen LogP contribution in [0.25, 0.3) is 0 Å². The van der Waals surface area contributed by atoms with Crippen molar-refractivity contribution in [2.45, 2.75) is 62.1 Å². The number of hydrogen-bond donors (Lipinski definition) is 3. The third-order valence-electron chi connectivity index (χ3n) is 6.84. The molecule has 1 heterocycles. The van der Waals surface area contributed by atoms with Crippen LogP contribution in [0.5, 0.6) is 5.75 Å². The normalized spacial score (nSPS) is 20.3. The smallest absolute Gasteiger partial charge is 0.416 e. The fraction of sp³-hybridized carbons (Fsp3) is 0.500. The number of aliphatic hydroxyl groups is 1.